The van der Waals surface area contributed by atoms with Gasteiger partial charge in [-0.05, 0) is 52.3 Å². The molecular formula is C13H12Br2N2O3S. The average molecular weight is 436 g/mol. The van der Waals surface area contributed by atoms with Crippen molar-refractivity contribution >= 4 is 53.3 Å². The molecule has 0 unspecified atom stereocenters. The maximum atomic E-state index is 12.3. The van der Waals surface area contributed by atoms with E-state index in [0.29, 0.717) is 20.4 Å². The summed E-state index contributed by atoms with van der Waals surface area (Å²) in [6.07, 6.45) is 0. The Kier molecular flexibility index (Phi) is 4.80. The molecule has 0 bridgehead atoms. The van der Waals surface area contributed by atoms with Crippen LogP contribution in [0.3, 0.4) is 0 Å². The predicted molar refractivity (Wildman–Crippen MR) is 90.1 cm³/mol. The Morgan fingerprint density at radius 1 is 1.14 bits per heavy atom. The molecule has 0 spiro atoms. The van der Waals surface area contributed by atoms with Gasteiger partial charge in [0, 0.05) is 4.47 Å². The van der Waals surface area contributed by atoms with Crippen molar-refractivity contribution in [2.45, 2.75) is 4.90 Å². The smallest absolute Gasteiger partial charge is 0.263 e. The maximum absolute atomic E-state index is 12.3. The molecule has 0 aliphatic rings. The standard InChI is InChI=1S/C13H12Br2N2O3S/c1-20-12-4-3-9(7-10(12)15)17-21(18,19)13-5-2-8(14)6-11(13)16/h2-7,17H,16H2,1H3. The van der Waals surface area contributed by atoms with E-state index >= 15 is 0 Å². The summed E-state index contributed by atoms with van der Waals surface area (Å²) in [4.78, 5) is 0.0256. The van der Waals surface area contributed by atoms with Gasteiger partial charge in [0.25, 0.3) is 10.0 Å². The Hall–Kier alpha value is -1.25. The molecule has 2 rings (SSSR count). The fourth-order valence-corrected chi connectivity index (χ4v) is 3.79. The number of nitrogen functional groups attached to an aromatic ring is 1. The predicted octanol–water partition coefficient (Wildman–Crippen LogP) is 3.60. The third kappa shape index (κ3) is 3.69. The zero-order chi connectivity index (χ0) is 15.6. The summed E-state index contributed by atoms with van der Waals surface area (Å²) >= 11 is 6.54. The fraction of sp³-hybridized carbons (Fsp3) is 0.0769. The van der Waals surface area contributed by atoms with Gasteiger partial charge in [-0.25, -0.2) is 8.42 Å². The zero-order valence-corrected chi connectivity index (χ0v) is 14.9. The lowest BCUT2D eigenvalue weighted by molar-refractivity contribution is 0.412. The summed E-state index contributed by atoms with van der Waals surface area (Å²) in [5, 5.41) is 0. The molecule has 0 aliphatic heterocycles. The number of nitrogens with two attached hydrogens (primary N) is 1. The first-order valence-corrected chi connectivity index (χ1v) is 8.82. The lowest BCUT2D eigenvalue weighted by Gasteiger charge is -2.11. The second-order valence-corrected chi connectivity index (χ2v) is 7.56. The number of benzene rings is 2. The molecule has 0 amide bonds. The highest BCUT2D eigenvalue weighted by Crippen LogP contribution is 2.30. The highest BCUT2D eigenvalue weighted by molar-refractivity contribution is 9.10. The quantitative estimate of drug-likeness (QED) is 0.718. The van der Waals surface area contributed by atoms with E-state index in [1.807, 2.05) is 0 Å². The largest absolute Gasteiger partial charge is 0.496 e. The lowest BCUT2D eigenvalue weighted by Crippen LogP contribution is -2.14. The van der Waals surface area contributed by atoms with Crippen LogP contribution in [-0.4, -0.2) is 15.5 Å². The molecule has 8 heteroatoms. The highest BCUT2D eigenvalue weighted by atomic mass is 79.9. The van der Waals surface area contributed by atoms with Crippen LogP contribution in [0.5, 0.6) is 5.75 Å². The monoisotopic (exact) mass is 434 g/mol. The minimum absolute atomic E-state index is 0.0256. The van der Waals surface area contributed by atoms with Crippen molar-refractivity contribution in [2.75, 3.05) is 17.6 Å². The van der Waals surface area contributed by atoms with Crippen molar-refractivity contribution in [1.29, 1.82) is 0 Å². The highest BCUT2D eigenvalue weighted by Gasteiger charge is 2.18. The van der Waals surface area contributed by atoms with Crippen LogP contribution in [0.25, 0.3) is 0 Å². The molecule has 5 nitrogen and oxygen atoms in total. The van der Waals surface area contributed by atoms with E-state index in [9.17, 15) is 8.42 Å². The topological polar surface area (TPSA) is 81.4 Å². The van der Waals surface area contributed by atoms with Gasteiger partial charge in [0.1, 0.15) is 10.6 Å². The molecule has 3 N–H and O–H groups in total. The summed E-state index contributed by atoms with van der Waals surface area (Å²) in [6.45, 7) is 0. The van der Waals surface area contributed by atoms with Crippen LogP contribution >= 0.6 is 31.9 Å². The van der Waals surface area contributed by atoms with Gasteiger partial charge in [0.2, 0.25) is 0 Å². The Bertz CT molecular complexity index is 779. The Balaban J connectivity index is 2.35. The number of sulfonamides is 1. The van der Waals surface area contributed by atoms with Crippen molar-refractivity contribution in [3.8, 4) is 5.75 Å². The van der Waals surface area contributed by atoms with Crippen molar-refractivity contribution in [3.05, 3.63) is 45.3 Å². The Morgan fingerprint density at radius 3 is 2.43 bits per heavy atom. The second kappa shape index (κ2) is 6.25. The first kappa shape index (κ1) is 16.1. The van der Waals surface area contributed by atoms with E-state index in [1.54, 1.807) is 30.3 Å². The van der Waals surface area contributed by atoms with Crippen LogP contribution in [-0.2, 0) is 10.0 Å². The van der Waals surface area contributed by atoms with Crippen molar-refractivity contribution < 1.29 is 13.2 Å². The summed E-state index contributed by atoms with van der Waals surface area (Å²) in [5.74, 6) is 0.612. The molecule has 0 saturated heterocycles. The minimum atomic E-state index is -3.75. The average Bonchev–Trinajstić information content (AvgIpc) is 2.37. The molecule has 0 aliphatic carbocycles. The van der Waals surface area contributed by atoms with E-state index < -0.39 is 10.0 Å². The molecular weight excluding hydrogens is 424 g/mol. The van der Waals surface area contributed by atoms with Gasteiger partial charge in [0.05, 0.1) is 23.0 Å². The summed E-state index contributed by atoms with van der Waals surface area (Å²) < 4.78 is 33.6. The van der Waals surface area contributed by atoms with Crippen molar-refractivity contribution in [2.24, 2.45) is 0 Å². The van der Waals surface area contributed by atoms with Gasteiger partial charge >= 0.3 is 0 Å². The van der Waals surface area contributed by atoms with Gasteiger partial charge in [0.15, 0.2) is 0 Å². The lowest BCUT2D eigenvalue weighted by atomic mass is 10.3. The third-order valence-corrected chi connectivity index (χ3v) is 5.23. The zero-order valence-electron chi connectivity index (χ0n) is 10.9. The molecule has 21 heavy (non-hydrogen) atoms. The van der Waals surface area contributed by atoms with Crippen LogP contribution < -0.4 is 15.2 Å². The van der Waals surface area contributed by atoms with Crippen LogP contribution in [0.2, 0.25) is 0 Å². The normalized spacial score (nSPS) is 11.2. The van der Waals surface area contributed by atoms with Crippen LogP contribution in [0.1, 0.15) is 0 Å². The van der Waals surface area contributed by atoms with Gasteiger partial charge in [-0.15, -0.1) is 0 Å². The molecule has 0 fully saturated rings. The number of nitrogens with one attached hydrogen (secondary N) is 1. The number of ether oxygens (including phenoxy) is 1. The first-order valence-electron chi connectivity index (χ1n) is 5.75. The van der Waals surface area contributed by atoms with Gasteiger partial charge in [-0.3, -0.25) is 4.72 Å². The van der Waals surface area contributed by atoms with Crippen LogP contribution in [0, 0.1) is 0 Å². The molecule has 0 saturated carbocycles. The number of halogens is 2. The number of rotatable bonds is 4. The number of hydrogen-bond donors (Lipinski definition) is 2. The fourth-order valence-electron chi connectivity index (χ4n) is 1.70. The van der Waals surface area contributed by atoms with E-state index in [2.05, 4.69) is 36.6 Å². The molecule has 0 aromatic heterocycles. The van der Waals surface area contributed by atoms with Gasteiger partial charge in [-0.2, -0.15) is 0 Å². The Morgan fingerprint density at radius 2 is 1.86 bits per heavy atom. The Labute approximate surface area is 139 Å². The number of hydrogen-bond acceptors (Lipinski definition) is 4. The second-order valence-electron chi connectivity index (χ2n) is 4.14. The first-order chi connectivity index (χ1) is 9.83. The van der Waals surface area contributed by atoms with Crippen molar-refractivity contribution in [3.63, 3.8) is 0 Å². The maximum Gasteiger partial charge on any atom is 0.263 e. The van der Waals surface area contributed by atoms with Crippen LogP contribution in [0.4, 0.5) is 11.4 Å². The summed E-state index contributed by atoms with van der Waals surface area (Å²) in [6, 6.07) is 9.49. The number of methoxy groups -OCH3 is 1. The van der Waals surface area contributed by atoms with E-state index in [0.717, 1.165) is 0 Å². The van der Waals surface area contributed by atoms with E-state index in [4.69, 9.17) is 10.5 Å². The molecule has 0 atom stereocenters. The molecule has 0 radical (unpaired) electrons. The minimum Gasteiger partial charge on any atom is -0.496 e. The summed E-state index contributed by atoms with van der Waals surface area (Å²) in [7, 11) is -2.22. The number of anilines is 2. The van der Waals surface area contributed by atoms with Crippen LogP contribution in [0.15, 0.2) is 50.2 Å². The van der Waals surface area contributed by atoms with E-state index in [1.165, 1.54) is 13.2 Å². The SMILES string of the molecule is COc1ccc(NS(=O)(=O)c2ccc(Br)cc2N)cc1Br. The van der Waals surface area contributed by atoms with Gasteiger partial charge < -0.3 is 10.5 Å². The molecule has 0 heterocycles. The third-order valence-electron chi connectivity index (χ3n) is 2.67. The molecule has 2 aromatic rings. The molecule has 2 aromatic carbocycles. The van der Waals surface area contributed by atoms with E-state index in [-0.39, 0.29) is 10.6 Å². The van der Waals surface area contributed by atoms with Crippen molar-refractivity contribution in [1.82, 2.24) is 0 Å². The summed E-state index contributed by atoms with van der Waals surface area (Å²) in [5.41, 5.74) is 6.34. The van der Waals surface area contributed by atoms with Gasteiger partial charge in [-0.1, -0.05) is 15.9 Å². The molecule has 112 valence electrons.